The van der Waals surface area contributed by atoms with Gasteiger partial charge in [0.1, 0.15) is 12.1 Å². The summed E-state index contributed by atoms with van der Waals surface area (Å²) in [6.45, 7) is 1.63. The number of hydrogen-bond donors (Lipinski definition) is 2. The van der Waals surface area contributed by atoms with Crippen LogP contribution in [0.25, 0.3) is 0 Å². The molecule has 4 bridgehead atoms. The van der Waals surface area contributed by atoms with Gasteiger partial charge in [-0.2, -0.15) is 0 Å². The molecule has 0 spiro atoms. The summed E-state index contributed by atoms with van der Waals surface area (Å²) in [5.74, 6) is 3.02. The van der Waals surface area contributed by atoms with Crippen LogP contribution in [0.15, 0.2) is 67.0 Å². The number of benzene rings is 2. The standard InChI is InChI=1S/C33H38N4O2/c38-29(33-16-22-13-23(17-33)15-24(14-22)18-33)19-34-31-27-11-12-37(20-28(27)35-21-36-31)32(39)30(25-7-3-1-4-8-25)26-9-5-2-6-10-26/h1-10,21-24,29-30,38H,11-20H2,(H,34,35,36). The Balaban J connectivity index is 1.07. The molecule has 2 aromatic carbocycles. The Hall–Kier alpha value is -3.25. The molecule has 1 aliphatic heterocycles. The van der Waals surface area contributed by atoms with Crippen LogP contribution in [-0.4, -0.2) is 45.1 Å². The summed E-state index contributed by atoms with van der Waals surface area (Å²) < 4.78 is 0. The van der Waals surface area contributed by atoms with Gasteiger partial charge in [0, 0.05) is 18.7 Å². The molecule has 4 aliphatic carbocycles. The number of nitrogens with one attached hydrogen (secondary N) is 1. The monoisotopic (exact) mass is 522 g/mol. The van der Waals surface area contributed by atoms with Gasteiger partial charge in [-0.15, -0.1) is 0 Å². The summed E-state index contributed by atoms with van der Waals surface area (Å²) >= 11 is 0. The van der Waals surface area contributed by atoms with Crippen LogP contribution in [0, 0.1) is 23.2 Å². The van der Waals surface area contributed by atoms with Crippen LogP contribution in [0.2, 0.25) is 0 Å². The minimum absolute atomic E-state index is 0.0853. The van der Waals surface area contributed by atoms with Crippen LogP contribution in [0.3, 0.4) is 0 Å². The number of anilines is 1. The summed E-state index contributed by atoms with van der Waals surface area (Å²) in [7, 11) is 0. The molecule has 2 heterocycles. The summed E-state index contributed by atoms with van der Waals surface area (Å²) in [6.07, 6.45) is 9.64. The van der Waals surface area contributed by atoms with Gasteiger partial charge in [-0.25, -0.2) is 9.97 Å². The van der Waals surface area contributed by atoms with Crippen molar-refractivity contribution in [2.24, 2.45) is 23.2 Å². The van der Waals surface area contributed by atoms with E-state index >= 15 is 0 Å². The molecule has 0 saturated heterocycles. The Morgan fingerprint density at radius 3 is 2.10 bits per heavy atom. The van der Waals surface area contributed by atoms with Crippen LogP contribution < -0.4 is 5.32 Å². The highest BCUT2D eigenvalue weighted by atomic mass is 16.3. The van der Waals surface area contributed by atoms with E-state index in [1.54, 1.807) is 6.33 Å². The van der Waals surface area contributed by atoms with Crippen molar-refractivity contribution in [3.8, 4) is 0 Å². The van der Waals surface area contributed by atoms with E-state index in [2.05, 4.69) is 15.3 Å². The minimum atomic E-state index is -0.351. The van der Waals surface area contributed by atoms with Crippen molar-refractivity contribution in [3.63, 3.8) is 0 Å². The van der Waals surface area contributed by atoms with E-state index in [0.29, 0.717) is 26.1 Å². The number of carbonyl (C=O) groups is 1. The summed E-state index contributed by atoms with van der Waals surface area (Å²) in [5.41, 5.74) is 4.07. The number of fused-ring (bicyclic) bond motifs is 1. The second-order valence-electron chi connectivity index (χ2n) is 12.6. The first-order chi connectivity index (χ1) is 19.1. The highest BCUT2D eigenvalue weighted by molar-refractivity contribution is 5.87. The average molecular weight is 523 g/mol. The van der Waals surface area contributed by atoms with Gasteiger partial charge in [0.15, 0.2) is 0 Å². The molecule has 8 rings (SSSR count). The zero-order valence-corrected chi connectivity index (χ0v) is 22.5. The lowest BCUT2D eigenvalue weighted by atomic mass is 9.48. The van der Waals surface area contributed by atoms with E-state index in [0.717, 1.165) is 46.0 Å². The predicted octanol–water partition coefficient (Wildman–Crippen LogP) is 5.18. The normalized spacial score (nSPS) is 27.8. The Bertz CT molecular complexity index is 1250. The molecule has 2 N–H and O–H groups in total. The highest BCUT2D eigenvalue weighted by Crippen LogP contribution is 2.61. The van der Waals surface area contributed by atoms with Crippen LogP contribution in [0.5, 0.6) is 0 Å². The van der Waals surface area contributed by atoms with Crippen molar-refractivity contribution in [1.29, 1.82) is 0 Å². The summed E-state index contributed by atoms with van der Waals surface area (Å²) in [4.78, 5) is 25.1. The molecule has 0 radical (unpaired) electrons. The van der Waals surface area contributed by atoms with Crippen molar-refractivity contribution in [1.82, 2.24) is 14.9 Å². The molecular formula is C33H38N4O2. The fraction of sp³-hybridized carbons (Fsp3) is 0.485. The van der Waals surface area contributed by atoms with Gasteiger partial charge in [-0.05, 0) is 79.2 Å². The zero-order valence-electron chi connectivity index (χ0n) is 22.5. The van der Waals surface area contributed by atoms with Crippen molar-refractivity contribution in [3.05, 3.63) is 89.4 Å². The zero-order chi connectivity index (χ0) is 26.4. The molecule has 6 nitrogen and oxygen atoms in total. The number of amides is 1. The third-order valence-corrected chi connectivity index (χ3v) is 10.1. The van der Waals surface area contributed by atoms with Crippen molar-refractivity contribution in [2.75, 3.05) is 18.4 Å². The molecule has 5 aliphatic rings. The van der Waals surface area contributed by atoms with Crippen LogP contribution in [0.4, 0.5) is 5.82 Å². The first-order valence-electron chi connectivity index (χ1n) is 14.7. The largest absolute Gasteiger partial charge is 0.391 e. The molecule has 4 fully saturated rings. The van der Waals surface area contributed by atoms with Gasteiger partial charge in [-0.1, -0.05) is 60.7 Å². The molecule has 1 atom stereocenters. The first kappa shape index (κ1) is 24.8. The molecule has 39 heavy (non-hydrogen) atoms. The van der Waals surface area contributed by atoms with Gasteiger partial charge < -0.3 is 15.3 Å². The van der Waals surface area contributed by atoms with Crippen LogP contribution in [0.1, 0.15) is 66.8 Å². The predicted molar refractivity (Wildman–Crippen MR) is 151 cm³/mol. The molecule has 3 aromatic rings. The van der Waals surface area contributed by atoms with Crippen LogP contribution >= 0.6 is 0 Å². The fourth-order valence-electron chi connectivity index (χ4n) is 8.64. The number of aromatic nitrogens is 2. The Morgan fingerprint density at radius 1 is 0.923 bits per heavy atom. The van der Waals surface area contributed by atoms with Gasteiger partial charge in [0.2, 0.25) is 5.91 Å². The molecular weight excluding hydrogens is 484 g/mol. The Morgan fingerprint density at radius 2 is 1.51 bits per heavy atom. The van der Waals surface area contributed by atoms with Gasteiger partial charge in [-0.3, -0.25) is 4.79 Å². The first-order valence-corrected chi connectivity index (χ1v) is 14.7. The lowest BCUT2D eigenvalue weighted by Gasteiger charge is -2.58. The number of aliphatic hydroxyl groups excluding tert-OH is 1. The Labute approximate surface area is 230 Å². The maximum absolute atomic E-state index is 13.9. The number of aliphatic hydroxyl groups is 1. The van der Waals surface area contributed by atoms with Gasteiger partial charge in [0.25, 0.3) is 0 Å². The quantitative estimate of drug-likeness (QED) is 0.447. The van der Waals surface area contributed by atoms with Gasteiger partial charge in [0.05, 0.1) is 24.3 Å². The molecule has 202 valence electrons. The average Bonchev–Trinajstić information content (AvgIpc) is 2.96. The maximum Gasteiger partial charge on any atom is 0.234 e. The molecule has 1 unspecified atom stereocenters. The summed E-state index contributed by atoms with van der Waals surface area (Å²) in [6, 6.07) is 20.1. The lowest BCUT2D eigenvalue weighted by molar-refractivity contribution is -0.132. The van der Waals surface area contributed by atoms with E-state index in [-0.39, 0.29) is 23.3 Å². The molecule has 4 saturated carbocycles. The van der Waals surface area contributed by atoms with Crippen molar-refractivity contribution < 1.29 is 9.90 Å². The van der Waals surface area contributed by atoms with Gasteiger partial charge >= 0.3 is 0 Å². The van der Waals surface area contributed by atoms with E-state index in [9.17, 15) is 9.90 Å². The minimum Gasteiger partial charge on any atom is -0.391 e. The lowest BCUT2D eigenvalue weighted by Crippen LogP contribution is -2.53. The van der Waals surface area contributed by atoms with Crippen molar-refractivity contribution >= 4 is 11.7 Å². The number of nitrogens with zero attached hydrogens (tertiary/aromatic N) is 3. The van der Waals surface area contributed by atoms with E-state index in [1.807, 2.05) is 65.6 Å². The summed E-state index contributed by atoms with van der Waals surface area (Å²) in [5, 5.41) is 14.9. The van der Waals surface area contributed by atoms with E-state index < -0.39 is 0 Å². The molecule has 1 amide bonds. The van der Waals surface area contributed by atoms with E-state index in [1.165, 1.54) is 38.5 Å². The van der Waals surface area contributed by atoms with Crippen LogP contribution in [-0.2, 0) is 17.8 Å². The number of rotatable bonds is 7. The second-order valence-corrected chi connectivity index (χ2v) is 12.6. The molecule has 1 aromatic heterocycles. The Kier molecular flexibility index (Phi) is 6.38. The number of hydrogen-bond acceptors (Lipinski definition) is 5. The third kappa shape index (κ3) is 4.63. The second kappa shape index (κ2) is 10.1. The van der Waals surface area contributed by atoms with Crippen molar-refractivity contribution in [2.45, 2.75) is 63.5 Å². The highest BCUT2D eigenvalue weighted by Gasteiger charge is 2.53. The van der Waals surface area contributed by atoms with E-state index in [4.69, 9.17) is 0 Å². The number of carbonyl (C=O) groups excluding carboxylic acids is 1. The SMILES string of the molecule is O=C(C(c1ccccc1)c1ccccc1)N1CCc2c(ncnc2NCC(O)C23CC4CC(CC(C4)C2)C3)C1. The smallest absolute Gasteiger partial charge is 0.234 e. The maximum atomic E-state index is 13.9. The third-order valence-electron chi connectivity index (χ3n) is 10.1. The topological polar surface area (TPSA) is 78.4 Å². The fourth-order valence-corrected chi connectivity index (χ4v) is 8.64. The molecule has 6 heteroatoms.